The smallest absolute Gasteiger partial charge is 0.227 e. The molecule has 2 amide bonds. The summed E-state index contributed by atoms with van der Waals surface area (Å²) in [4.78, 5) is 23.2. The molecular weight excluding hydrogens is 258 g/mol. The number of amides is 2. The predicted molar refractivity (Wildman–Crippen MR) is 76.6 cm³/mol. The number of ether oxygens (including phenoxy) is 1. The zero-order chi connectivity index (χ0) is 14.5. The largest absolute Gasteiger partial charge is 0.494 e. The zero-order valence-corrected chi connectivity index (χ0v) is 11.4. The van der Waals surface area contributed by atoms with E-state index in [-0.39, 0.29) is 24.2 Å². The summed E-state index contributed by atoms with van der Waals surface area (Å²) in [7, 11) is 1.52. The molecule has 0 radical (unpaired) electrons. The molecule has 0 unspecified atom stereocenters. The lowest BCUT2D eigenvalue weighted by atomic mass is 10.2. The highest BCUT2D eigenvalue weighted by atomic mass is 16.5. The van der Waals surface area contributed by atoms with Gasteiger partial charge in [-0.05, 0) is 25.0 Å². The number of hydrogen-bond acceptors (Lipinski definition) is 4. The topological polar surface area (TPSA) is 93.4 Å². The Morgan fingerprint density at radius 3 is 2.70 bits per heavy atom. The number of carbonyl (C=O) groups is 2. The Labute approximate surface area is 117 Å². The lowest BCUT2D eigenvalue weighted by Crippen LogP contribution is -2.17. The maximum Gasteiger partial charge on any atom is 0.227 e. The molecule has 0 bridgehead atoms. The van der Waals surface area contributed by atoms with Crippen LogP contribution in [0.1, 0.15) is 19.3 Å². The van der Waals surface area contributed by atoms with Crippen molar-refractivity contribution >= 4 is 23.2 Å². The van der Waals surface area contributed by atoms with Crippen LogP contribution in [0.5, 0.6) is 5.75 Å². The lowest BCUT2D eigenvalue weighted by molar-refractivity contribution is -0.117. The van der Waals surface area contributed by atoms with Gasteiger partial charge in [-0.3, -0.25) is 9.59 Å². The van der Waals surface area contributed by atoms with Gasteiger partial charge in [0.05, 0.1) is 12.8 Å². The maximum absolute atomic E-state index is 11.7. The van der Waals surface area contributed by atoms with Crippen LogP contribution in [-0.2, 0) is 9.59 Å². The molecule has 0 aliphatic heterocycles. The molecule has 2 rings (SSSR count). The zero-order valence-electron chi connectivity index (χ0n) is 11.4. The number of methoxy groups -OCH3 is 1. The molecule has 4 N–H and O–H groups in total. The molecule has 1 aliphatic rings. The Morgan fingerprint density at radius 1 is 1.35 bits per heavy atom. The number of carbonyl (C=O) groups excluding carboxylic acids is 2. The average Bonchev–Trinajstić information content (AvgIpc) is 3.25. The van der Waals surface area contributed by atoms with E-state index in [1.807, 2.05) is 0 Å². The molecule has 6 heteroatoms. The second-order valence-corrected chi connectivity index (χ2v) is 4.77. The van der Waals surface area contributed by atoms with E-state index in [1.54, 1.807) is 18.2 Å². The van der Waals surface area contributed by atoms with Gasteiger partial charge in [0.2, 0.25) is 11.8 Å². The molecule has 0 spiro atoms. The third kappa shape index (κ3) is 3.71. The van der Waals surface area contributed by atoms with E-state index in [0.717, 1.165) is 12.8 Å². The molecule has 0 heterocycles. The first kappa shape index (κ1) is 14.3. The Morgan fingerprint density at radius 2 is 2.10 bits per heavy atom. The molecule has 108 valence electrons. The van der Waals surface area contributed by atoms with Crippen LogP contribution >= 0.6 is 0 Å². The van der Waals surface area contributed by atoms with Crippen molar-refractivity contribution < 1.29 is 14.3 Å². The summed E-state index contributed by atoms with van der Waals surface area (Å²) in [6, 6.07) is 5.12. The number of nitrogens with two attached hydrogens (primary N) is 1. The Kier molecular flexibility index (Phi) is 4.57. The molecule has 1 aliphatic carbocycles. The minimum Gasteiger partial charge on any atom is -0.494 e. The predicted octanol–water partition coefficient (Wildman–Crippen LogP) is 1.33. The quantitative estimate of drug-likeness (QED) is 0.731. The Bertz CT molecular complexity index is 512. The van der Waals surface area contributed by atoms with Crippen molar-refractivity contribution in [2.75, 3.05) is 24.3 Å². The van der Waals surface area contributed by atoms with E-state index in [0.29, 0.717) is 23.7 Å². The highest BCUT2D eigenvalue weighted by molar-refractivity contribution is 5.96. The fourth-order valence-electron chi connectivity index (χ4n) is 1.81. The van der Waals surface area contributed by atoms with Crippen molar-refractivity contribution in [1.82, 2.24) is 0 Å². The van der Waals surface area contributed by atoms with Crippen LogP contribution < -0.4 is 21.1 Å². The normalized spacial score (nSPS) is 13.7. The van der Waals surface area contributed by atoms with Crippen LogP contribution in [0, 0.1) is 5.92 Å². The minimum absolute atomic E-state index is 0.0169. The highest BCUT2D eigenvalue weighted by Crippen LogP contribution is 2.33. The van der Waals surface area contributed by atoms with Crippen LogP contribution in [0.3, 0.4) is 0 Å². The van der Waals surface area contributed by atoms with Crippen molar-refractivity contribution in [3.8, 4) is 5.75 Å². The van der Waals surface area contributed by atoms with E-state index >= 15 is 0 Å². The summed E-state index contributed by atoms with van der Waals surface area (Å²) in [6.07, 6.45) is 2.16. The van der Waals surface area contributed by atoms with Gasteiger partial charge in [0, 0.05) is 30.6 Å². The van der Waals surface area contributed by atoms with Crippen LogP contribution in [0.25, 0.3) is 0 Å². The fourth-order valence-corrected chi connectivity index (χ4v) is 1.81. The SMILES string of the molecule is COc1cc(NC(=O)CCN)ccc1NC(=O)C1CC1. The van der Waals surface area contributed by atoms with Crippen molar-refractivity contribution in [2.24, 2.45) is 11.7 Å². The Balaban J connectivity index is 2.06. The molecule has 6 nitrogen and oxygen atoms in total. The summed E-state index contributed by atoms with van der Waals surface area (Å²) in [5.41, 5.74) is 6.55. The molecule has 1 saturated carbocycles. The number of hydrogen-bond donors (Lipinski definition) is 3. The molecule has 0 atom stereocenters. The van der Waals surface area contributed by atoms with Crippen LogP contribution in [-0.4, -0.2) is 25.5 Å². The maximum atomic E-state index is 11.7. The van der Waals surface area contributed by atoms with Gasteiger partial charge in [0.1, 0.15) is 5.75 Å². The summed E-state index contributed by atoms with van der Waals surface area (Å²) < 4.78 is 5.24. The van der Waals surface area contributed by atoms with Crippen LogP contribution in [0.2, 0.25) is 0 Å². The summed E-state index contributed by atoms with van der Waals surface area (Å²) in [6.45, 7) is 0.304. The molecule has 1 aromatic carbocycles. The molecule has 1 aromatic rings. The molecule has 1 fully saturated rings. The van der Waals surface area contributed by atoms with Crippen LogP contribution in [0.15, 0.2) is 18.2 Å². The van der Waals surface area contributed by atoms with E-state index in [1.165, 1.54) is 7.11 Å². The van der Waals surface area contributed by atoms with E-state index < -0.39 is 0 Å². The third-order valence-electron chi connectivity index (χ3n) is 3.06. The summed E-state index contributed by atoms with van der Waals surface area (Å²) in [5.74, 6) is 0.515. The molecule has 0 aromatic heterocycles. The Hall–Kier alpha value is -2.08. The van der Waals surface area contributed by atoms with Crippen LogP contribution in [0.4, 0.5) is 11.4 Å². The number of benzene rings is 1. The first-order valence-electron chi connectivity index (χ1n) is 6.63. The van der Waals surface area contributed by atoms with Gasteiger partial charge in [-0.2, -0.15) is 0 Å². The van der Waals surface area contributed by atoms with Gasteiger partial charge >= 0.3 is 0 Å². The van der Waals surface area contributed by atoms with E-state index in [4.69, 9.17) is 10.5 Å². The van der Waals surface area contributed by atoms with Gasteiger partial charge in [-0.15, -0.1) is 0 Å². The molecule has 20 heavy (non-hydrogen) atoms. The first-order chi connectivity index (χ1) is 9.63. The molecular formula is C14H19N3O3. The van der Waals surface area contributed by atoms with Gasteiger partial charge in [0.15, 0.2) is 0 Å². The van der Waals surface area contributed by atoms with Crippen molar-refractivity contribution in [3.63, 3.8) is 0 Å². The van der Waals surface area contributed by atoms with E-state index in [9.17, 15) is 9.59 Å². The number of anilines is 2. The van der Waals surface area contributed by atoms with E-state index in [2.05, 4.69) is 10.6 Å². The standard InChI is InChI=1S/C14H19N3O3/c1-20-12-8-10(16-13(18)6-7-15)4-5-11(12)17-14(19)9-2-3-9/h4-5,8-9H,2-3,6-7,15H2,1H3,(H,16,18)(H,17,19). The molecule has 0 saturated heterocycles. The van der Waals surface area contributed by atoms with Crippen molar-refractivity contribution in [3.05, 3.63) is 18.2 Å². The van der Waals surface area contributed by atoms with Gasteiger partial charge in [-0.1, -0.05) is 0 Å². The fraction of sp³-hybridized carbons (Fsp3) is 0.429. The number of nitrogens with one attached hydrogen (secondary N) is 2. The van der Waals surface area contributed by atoms with Gasteiger partial charge < -0.3 is 21.1 Å². The highest BCUT2D eigenvalue weighted by Gasteiger charge is 2.30. The monoisotopic (exact) mass is 277 g/mol. The van der Waals surface area contributed by atoms with Crippen molar-refractivity contribution in [2.45, 2.75) is 19.3 Å². The van der Waals surface area contributed by atoms with Gasteiger partial charge in [0.25, 0.3) is 0 Å². The average molecular weight is 277 g/mol. The van der Waals surface area contributed by atoms with Gasteiger partial charge in [-0.25, -0.2) is 0 Å². The van der Waals surface area contributed by atoms with Crippen molar-refractivity contribution in [1.29, 1.82) is 0 Å². The third-order valence-corrected chi connectivity index (χ3v) is 3.06. The summed E-state index contributed by atoms with van der Waals surface area (Å²) >= 11 is 0. The number of rotatable bonds is 6. The minimum atomic E-state index is -0.149. The second-order valence-electron chi connectivity index (χ2n) is 4.77. The lowest BCUT2D eigenvalue weighted by Gasteiger charge is -2.12. The summed E-state index contributed by atoms with van der Waals surface area (Å²) in [5, 5.41) is 5.55. The second kappa shape index (κ2) is 6.38. The first-order valence-corrected chi connectivity index (χ1v) is 6.63.